The number of aromatic nitrogens is 3. The zero-order valence-electron chi connectivity index (χ0n) is 7.55. The van der Waals surface area contributed by atoms with Crippen molar-refractivity contribution in [1.82, 2.24) is 15.0 Å². The number of thiazole rings is 1. The van der Waals surface area contributed by atoms with Gasteiger partial charge in [0, 0.05) is 23.7 Å². The van der Waals surface area contributed by atoms with Crippen molar-refractivity contribution in [3.05, 3.63) is 28.8 Å². The van der Waals surface area contributed by atoms with E-state index in [4.69, 9.17) is 5.73 Å². The van der Waals surface area contributed by atoms with E-state index >= 15 is 0 Å². The van der Waals surface area contributed by atoms with Crippen molar-refractivity contribution in [2.24, 2.45) is 5.73 Å². The first-order valence-corrected chi connectivity index (χ1v) is 5.25. The highest BCUT2D eigenvalue weighted by Gasteiger charge is 2.03. The third-order valence-electron chi connectivity index (χ3n) is 1.78. The Morgan fingerprint density at radius 1 is 1.36 bits per heavy atom. The largest absolute Gasteiger partial charge is 0.330 e. The highest BCUT2D eigenvalue weighted by Crippen LogP contribution is 2.13. The lowest BCUT2D eigenvalue weighted by Crippen LogP contribution is -2.05. The van der Waals surface area contributed by atoms with Crippen LogP contribution in [0.5, 0.6) is 0 Å². The van der Waals surface area contributed by atoms with Gasteiger partial charge < -0.3 is 5.73 Å². The topological polar surface area (TPSA) is 64.7 Å². The molecule has 0 aliphatic carbocycles. The van der Waals surface area contributed by atoms with Gasteiger partial charge in [0.1, 0.15) is 5.69 Å². The second-order valence-electron chi connectivity index (χ2n) is 2.78. The lowest BCUT2D eigenvalue weighted by Gasteiger charge is -1.99. The Balaban J connectivity index is 2.31. The van der Waals surface area contributed by atoms with Gasteiger partial charge in [-0.25, -0.2) is 15.0 Å². The fourth-order valence-corrected chi connectivity index (χ4v) is 1.66. The molecule has 2 heterocycles. The molecular formula is C9H10N4S. The predicted octanol–water partition coefficient (Wildman–Crippen LogP) is 1.10. The van der Waals surface area contributed by atoms with Crippen LogP contribution in [0, 0.1) is 0 Å². The summed E-state index contributed by atoms with van der Waals surface area (Å²) in [7, 11) is 0. The SMILES string of the molecule is NCCc1ccnc(-c2cscn2)n1. The number of hydrogen-bond acceptors (Lipinski definition) is 5. The van der Waals surface area contributed by atoms with E-state index in [2.05, 4.69) is 15.0 Å². The first-order valence-electron chi connectivity index (χ1n) is 4.30. The molecule has 0 amide bonds. The van der Waals surface area contributed by atoms with E-state index in [-0.39, 0.29) is 0 Å². The van der Waals surface area contributed by atoms with E-state index in [0.29, 0.717) is 12.4 Å². The first kappa shape index (κ1) is 9.23. The molecule has 0 spiro atoms. The zero-order chi connectivity index (χ0) is 9.80. The number of hydrogen-bond donors (Lipinski definition) is 1. The van der Waals surface area contributed by atoms with Gasteiger partial charge in [-0.2, -0.15) is 0 Å². The molecule has 0 radical (unpaired) electrons. The van der Waals surface area contributed by atoms with Crippen LogP contribution >= 0.6 is 11.3 Å². The fourth-order valence-electron chi connectivity index (χ4n) is 1.13. The molecule has 0 unspecified atom stereocenters. The Kier molecular flexibility index (Phi) is 2.81. The summed E-state index contributed by atoms with van der Waals surface area (Å²) in [6, 6.07) is 1.88. The highest BCUT2D eigenvalue weighted by molar-refractivity contribution is 7.07. The summed E-state index contributed by atoms with van der Waals surface area (Å²) in [4.78, 5) is 12.7. The summed E-state index contributed by atoms with van der Waals surface area (Å²) < 4.78 is 0. The van der Waals surface area contributed by atoms with E-state index in [1.807, 2.05) is 11.4 Å². The van der Waals surface area contributed by atoms with Gasteiger partial charge in [-0.3, -0.25) is 0 Å². The summed E-state index contributed by atoms with van der Waals surface area (Å²) in [6.45, 7) is 0.605. The second kappa shape index (κ2) is 4.26. The molecule has 0 fully saturated rings. The van der Waals surface area contributed by atoms with Crippen LogP contribution in [0.2, 0.25) is 0 Å². The summed E-state index contributed by atoms with van der Waals surface area (Å²) in [5.41, 5.74) is 9.02. The quantitative estimate of drug-likeness (QED) is 0.816. The van der Waals surface area contributed by atoms with Crippen LogP contribution in [0.25, 0.3) is 11.5 Å². The fraction of sp³-hybridized carbons (Fsp3) is 0.222. The first-order chi connectivity index (χ1) is 6.90. The second-order valence-corrected chi connectivity index (χ2v) is 3.50. The van der Waals surface area contributed by atoms with Crippen molar-refractivity contribution < 1.29 is 0 Å². The van der Waals surface area contributed by atoms with Crippen molar-refractivity contribution >= 4 is 11.3 Å². The van der Waals surface area contributed by atoms with Crippen LogP contribution in [-0.4, -0.2) is 21.5 Å². The molecule has 0 aliphatic heterocycles. The Hall–Kier alpha value is -1.33. The molecule has 0 saturated heterocycles. The van der Waals surface area contributed by atoms with Gasteiger partial charge in [0.25, 0.3) is 0 Å². The minimum absolute atomic E-state index is 0.605. The summed E-state index contributed by atoms with van der Waals surface area (Å²) in [5, 5.41) is 1.93. The average molecular weight is 206 g/mol. The van der Waals surface area contributed by atoms with Crippen molar-refractivity contribution in [3.63, 3.8) is 0 Å². The van der Waals surface area contributed by atoms with Gasteiger partial charge in [-0.1, -0.05) is 0 Å². The molecule has 2 aromatic heterocycles. The predicted molar refractivity (Wildman–Crippen MR) is 55.9 cm³/mol. The van der Waals surface area contributed by atoms with Crippen molar-refractivity contribution in [3.8, 4) is 11.5 Å². The van der Waals surface area contributed by atoms with Gasteiger partial charge >= 0.3 is 0 Å². The van der Waals surface area contributed by atoms with E-state index in [0.717, 1.165) is 17.8 Å². The Bertz CT molecular complexity index is 399. The van der Waals surface area contributed by atoms with E-state index in [1.165, 1.54) is 11.3 Å². The molecule has 0 atom stereocenters. The monoisotopic (exact) mass is 206 g/mol. The number of nitrogens with zero attached hydrogens (tertiary/aromatic N) is 3. The summed E-state index contributed by atoms with van der Waals surface area (Å²) in [5.74, 6) is 0.678. The molecule has 4 nitrogen and oxygen atoms in total. The normalized spacial score (nSPS) is 10.4. The summed E-state index contributed by atoms with van der Waals surface area (Å²) >= 11 is 1.54. The van der Waals surface area contributed by atoms with Crippen molar-refractivity contribution in [1.29, 1.82) is 0 Å². The highest BCUT2D eigenvalue weighted by atomic mass is 32.1. The average Bonchev–Trinajstić information content (AvgIpc) is 2.71. The van der Waals surface area contributed by atoms with Crippen LogP contribution in [-0.2, 0) is 6.42 Å². The minimum atomic E-state index is 0.605. The third kappa shape index (κ3) is 1.94. The molecule has 0 aromatic carbocycles. The van der Waals surface area contributed by atoms with Gasteiger partial charge in [0.05, 0.1) is 5.51 Å². The van der Waals surface area contributed by atoms with Crippen molar-refractivity contribution in [2.75, 3.05) is 6.54 Å². The zero-order valence-corrected chi connectivity index (χ0v) is 8.37. The Morgan fingerprint density at radius 3 is 3.00 bits per heavy atom. The molecule has 5 heteroatoms. The van der Waals surface area contributed by atoms with Gasteiger partial charge in [0.15, 0.2) is 5.82 Å². The molecule has 2 rings (SSSR count). The number of rotatable bonds is 3. The minimum Gasteiger partial charge on any atom is -0.330 e. The van der Waals surface area contributed by atoms with E-state index < -0.39 is 0 Å². The number of nitrogens with two attached hydrogens (primary N) is 1. The Labute approximate surface area is 85.9 Å². The lowest BCUT2D eigenvalue weighted by molar-refractivity contribution is 0.911. The Morgan fingerprint density at radius 2 is 2.29 bits per heavy atom. The van der Waals surface area contributed by atoms with E-state index in [1.54, 1.807) is 11.7 Å². The standard InChI is InChI=1S/C9H10N4S/c10-3-1-7-2-4-11-9(13-7)8-5-14-6-12-8/h2,4-6H,1,3,10H2. The molecule has 2 N–H and O–H groups in total. The third-order valence-corrected chi connectivity index (χ3v) is 2.36. The molecule has 0 bridgehead atoms. The maximum atomic E-state index is 5.46. The molecule has 72 valence electrons. The maximum absolute atomic E-state index is 5.46. The van der Waals surface area contributed by atoms with Crippen LogP contribution in [0.4, 0.5) is 0 Å². The van der Waals surface area contributed by atoms with Crippen LogP contribution < -0.4 is 5.73 Å². The summed E-state index contributed by atoms with van der Waals surface area (Å²) in [6.07, 6.45) is 2.52. The molecular weight excluding hydrogens is 196 g/mol. The van der Waals surface area contributed by atoms with Gasteiger partial charge in [0.2, 0.25) is 0 Å². The van der Waals surface area contributed by atoms with Crippen molar-refractivity contribution in [2.45, 2.75) is 6.42 Å². The van der Waals surface area contributed by atoms with Crippen LogP contribution in [0.3, 0.4) is 0 Å². The molecule has 0 aliphatic rings. The van der Waals surface area contributed by atoms with Gasteiger partial charge in [-0.15, -0.1) is 11.3 Å². The van der Waals surface area contributed by atoms with E-state index in [9.17, 15) is 0 Å². The molecule has 2 aromatic rings. The lowest BCUT2D eigenvalue weighted by atomic mass is 10.3. The molecule has 14 heavy (non-hydrogen) atoms. The molecule has 0 saturated carbocycles. The van der Waals surface area contributed by atoms with Crippen LogP contribution in [0.1, 0.15) is 5.69 Å². The maximum Gasteiger partial charge on any atom is 0.179 e. The van der Waals surface area contributed by atoms with Gasteiger partial charge in [-0.05, 0) is 12.6 Å². The van der Waals surface area contributed by atoms with Crippen LogP contribution in [0.15, 0.2) is 23.2 Å². The smallest absolute Gasteiger partial charge is 0.179 e.